The third-order valence-corrected chi connectivity index (χ3v) is 5.56. The summed E-state index contributed by atoms with van der Waals surface area (Å²) in [5, 5.41) is 18.6. The fourth-order valence-electron chi connectivity index (χ4n) is 4.05. The van der Waals surface area contributed by atoms with E-state index in [0.29, 0.717) is 18.7 Å². The number of aliphatic hydroxyl groups excluding tert-OH is 1. The number of piperidine rings is 2. The lowest BCUT2D eigenvalue weighted by molar-refractivity contribution is -0.136. The lowest BCUT2D eigenvalue weighted by Gasteiger charge is -2.29. The fourth-order valence-corrected chi connectivity index (χ4v) is 4.05. The van der Waals surface area contributed by atoms with Crippen molar-refractivity contribution in [1.29, 1.82) is 0 Å². The average Bonchev–Trinajstić information content (AvgIpc) is 2.93. The van der Waals surface area contributed by atoms with E-state index in [1.807, 2.05) is 0 Å². The van der Waals surface area contributed by atoms with Gasteiger partial charge in [-0.15, -0.1) is 0 Å². The average molecular weight is 386 g/mol. The molecule has 0 spiro atoms. The Labute approximate surface area is 161 Å². The summed E-state index contributed by atoms with van der Waals surface area (Å²) in [5.74, 6) is -2.05. The fraction of sp³-hybridized carbons (Fsp3) is 0.474. The summed E-state index contributed by atoms with van der Waals surface area (Å²) >= 11 is 0. The molecule has 4 rings (SSSR count). The molecule has 0 aromatic heterocycles. The van der Waals surface area contributed by atoms with E-state index in [-0.39, 0.29) is 30.0 Å². The smallest absolute Gasteiger partial charge is 0.262 e. The third kappa shape index (κ3) is 3.21. The van der Waals surface area contributed by atoms with Crippen molar-refractivity contribution in [3.05, 3.63) is 34.9 Å². The minimum atomic E-state index is -0.975. The van der Waals surface area contributed by atoms with E-state index in [4.69, 9.17) is 0 Å². The zero-order chi connectivity index (χ0) is 19.8. The summed E-state index contributed by atoms with van der Waals surface area (Å²) in [5.41, 5.74) is 1.20. The van der Waals surface area contributed by atoms with Gasteiger partial charge in [0.15, 0.2) is 0 Å². The van der Waals surface area contributed by atoms with Crippen LogP contribution in [-0.2, 0) is 16.1 Å². The molecule has 1 aromatic rings. The molecule has 3 atom stereocenters. The highest BCUT2D eigenvalue weighted by atomic mass is 16.3. The van der Waals surface area contributed by atoms with Crippen LogP contribution < -0.4 is 16.0 Å². The molecule has 1 aromatic carbocycles. The molecule has 4 N–H and O–H groups in total. The molecule has 9 nitrogen and oxygen atoms in total. The molecule has 2 fully saturated rings. The Morgan fingerprint density at radius 1 is 1.14 bits per heavy atom. The van der Waals surface area contributed by atoms with E-state index >= 15 is 0 Å². The highest BCUT2D eigenvalue weighted by Crippen LogP contribution is 2.30. The van der Waals surface area contributed by atoms with Gasteiger partial charge in [-0.25, -0.2) is 0 Å². The van der Waals surface area contributed by atoms with Crippen LogP contribution in [0.5, 0.6) is 0 Å². The zero-order valence-corrected chi connectivity index (χ0v) is 15.2. The van der Waals surface area contributed by atoms with Crippen LogP contribution >= 0.6 is 0 Å². The van der Waals surface area contributed by atoms with E-state index in [1.54, 1.807) is 18.2 Å². The Morgan fingerprint density at radius 3 is 2.71 bits per heavy atom. The predicted octanol–water partition coefficient (Wildman–Crippen LogP) is -1.10. The number of nitrogens with one attached hydrogen (secondary N) is 3. The Bertz CT molecular complexity index is 855. The van der Waals surface area contributed by atoms with Crippen LogP contribution in [-0.4, -0.2) is 64.9 Å². The van der Waals surface area contributed by atoms with Gasteiger partial charge in [0, 0.05) is 25.6 Å². The molecule has 3 aliphatic rings. The van der Waals surface area contributed by atoms with E-state index in [0.717, 1.165) is 17.9 Å². The first-order valence-electron chi connectivity index (χ1n) is 9.43. The van der Waals surface area contributed by atoms with Crippen LogP contribution in [0.15, 0.2) is 18.2 Å². The maximum absolute atomic E-state index is 13.0. The monoisotopic (exact) mass is 386 g/mol. The first-order valence-corrected chi connectivity index (χ1v) is 9.43. The SMILES string of the molecule is O=C1CCC(N2C(=O)c3cccc(CN[C@H]4CCNC[C@H]4O)c3C2=O)C(=O)N1. The molecular formula is C19H22N4O5. The normalized spacial score (nSPS) is 27.8. The van der Waals surface area contributed by atoms with Crippen molar-refractivity contribution in [1.82, 2.24) is 20.9 Å². The van der Waals surface area contributed by atoms with Gasteiger partial charge in [-0.1, -0.05) is 12.1 Å². The number of carbonyl (C=O) groups is 4. The van der Waals surface area contributed by atoms with Gasteiger partial charge in [0.1, 0.15) is 6.04 Å². The van der Waals surface area contributed by atoms with Gasteiger partial charge in [0.25, 0.3) is 11.8 Å². The predicted molar refractivity (Wildman–Crippen MR) is 97.2 cm³/mol. The lowest BCUT2D eigenvalue weighted by atomic mass is 10.00. The Hall–Kier alpha value is -2.62. The van der Waals surface area contributed by atoms with Crippen molar-refractivity contribution < 1.29 is 24.3 Å². The van der Waals surface area contributed by atoms with Crippen molar-refractivity contribution in [3.63, 3.8) is 0 Å². The lowest BCUT2D eigenvalue weighted by Crippen LogP contribution is -2.54. The quantitative estimate of drug-likeness (QED) is 0.484. The van der Waals surface area contributed by atoms with Gasteiger partial charge in [0.05, 0.1) is 17.2 Å². The van der Waals surface area contributed by atoms with E-state index in [1.165, 1.54) is 0 Å². The number of aliphatic hydroxyl groups is 1. The molecule has 0 bridgehead atoms. The van der Waals surface area contributed by atoms with Crippen LogP contribution in [0.4, 0.5) is 0 Å². The van der Waals surface area contributed by atoms with Crippen LogP contribution in [0.25, 0.3) is 0 Å². The largest absolute Gasteiger partial charge is 0.390 e. The minimum absolute atomic E-state index is 0.0891. The van der Waals surface area contributed by atoms with Crippen LogP contribution in [0.1, 0.15) is 45.5 Å². The van der Waals surface area contributed by atoms with Crippen LogP contribution in [0, 0.1) is 0 Å². The highest BCUT2D eigenvalue weighted by Gasteiger charge is 2.45. The maximum atomic E-state index is 13.0. The van der Waals surface area contributed by atoms with Gasteiger partial charge in [-0.2, -0.15) is 0 Å². The molecule has 9 heteroatoms. The minimum Gasteiger partial charge on any atom is -0.390 e. The number of benzene rings is 1. The number of imide groups is 2. The first-order chi connectivity index (χ1) is 13.5. The zero-order valence-electron chi connectivity index (χ0n) is 15.2. The molecule has 3 aliphatic heterocycles. The maximum Gasteiger partial charge on any atom is 0.262 e. The summed E-state index contributed by atoms with van der Waals surface area (Å²) in [6.07, 6.45) is 0.449. The Kier molecular flexibility index (Phi) is 4.96. The molecular weight excluding hydrogens is 364 g/mol. The number of hydrogen-bond donors (Lipinski definition) is 4. The number of nitrogens with zero attached hydrogens (tertiary/aromatic N) is 1. The molecule has 4 amide bonds. The van der Waals surface area contributed by atoms with Crippen molar-refractivity contribution in [2.75, 3.05) is 13.1 Å². The van der Waals surface area contributed by atoms with Gasteiger partial charge in [-0.3, -0.25) is 29.4 Å². The van der Waals surface area contributed by atoms with Gasteiger partial charge >= 0.3 is 0 Å². The number of rotatable bonds is 4. The second kappa shape index (κ2) is 7.42. The van der Waals surface area contributed by atoms with Crippen LogP contribution in [0.3, 0.4) is 0 Å². The number of carbonyl (C=O) groups excluding carboxylic acids is 4. The second-order valence-corrected chi connectivity index (χ2v) is 7.33. The summed E-state index contributed by atoms with van der Waals surface area (Å²) in [7, 11) is 0. The molecule has 148 valence electrons. The van der Waals surface area contributed by atoms with Crippen molar-refractivity contribution >= 4 is 23.6 Å². The molecule has 0 aliphatic carbocycles. The summed E-state index contributed by atoms with van der Waals surface area (Å²) in [6, 6.07) is 3.96. The molecule has 3 heterocycles. The molecule has 0 radical (unpaired) electrons. The number of fused-ring (bicyclic) bond motifs is 1. The number of amides is 4. The number of β-amino-alcohol motifs (C(OH)–C–C–N with tert-alkyl or cyclic N) is 1. The standard InChI is InChI=1S/C19H22N4O5/c24-14-9-20-7-6-12(14)21-8-10-2-1-3-11-16(10)19(28)23(18(11)27)13-4-5-15(25)22-17(13)26/h1-3,12-14,20-21,24H,4-9H2,(H,22,25,26)/t12-,13?,14+/m0/s1. The molecule has 28 heavy (non-hydrogen) atoms. The van der Waals surface area contributed by atoms with Crippen molar-refractivity contribution in [3.8, 4) is 0 Å². The molecule has 1 unspecified atom stereocenters. The van der Waals surface area contributed by atoms with Crippen molar-refractivity contribution in [2.45, 2.75) is 44.0 Å². The second-order valence-electron chi connectivity index (χ2n) is 7.33. The molecule has 2 saturated heterocycles. The summed E-state index contributed by atoms with van der Waals surface area (Å²) in [4.78, 5) is 50.3. The number of hydrogen-bond acceptors (Lipinski definition) is 7. The van der Waals surface area contributed by atoms with E-state index < -0.39 is 35.8 Å². The first kappa shape index (κ1) is 18.7. The molecule has 0 saturated carbocycles. The third-order valence-electron chi connectivity index (χ3n) is 5.56. The van der Waals surface area contributed by atoms with Crippen molar-refractivity contribution in [2.24, 2.45) is 0 Å². The van der Waals surface area contributed by atoms with E-state index in [2.05, 4.69) is 16.0 Å². The summed E-state index contributed by atoms with van der Waals surface area (Å²) in [6.45, 7) is 1.63. The Balaban J connectivity index is 1.56. The van der Waals surface area contributed by atoms with Crippen LogP contribution in [0.2, 0.25) is 0 Å². The van der Waals surface area contributed by atoms with Gasteiger partial charge in [0.2, 0.25) is 11.8 Å². The van der Waals surface area contributed by atoms with Gasteiger partial charge < -0.3 is 15.7 Å². The van der Waals surface area contributed by atoms with E-state index in [9.17, 15) is 24.3 Å². The summed E-state index contributed by atoms with van der Waals surface area (Å²) < 4.78 is 0. The highest BCUT2D eigenvalue weighted by molar-refractivity contribution is 6.24. The van der Waals surface area contributed by atoms with Gasteiger partial charge in [-0.05, 0) is 31.0 Å². The topological polar surface area (TPSA) is 128 Å². The Morgan fingerprint density at radius 2 is 1.96 bits per heavy atom.